The molecule has 0 unspecified atom stereocenters. The summed E-state index contributed by atoms with van der Waals surface area (Å²) in [5.74, 6) is 0.337. The summed E-state index contributed by atoms with van der Waals surface area (Å²) in [5, 5.41) is 0. The summed E-state index contributed by atoms with van der Waals surface area (Å²) >= 11 is 0. The Morgan fingerprint density at radius 2 is 1.94 bits per heavy atom. The summed E-state index contributed by atoms with van der Waals surface area (Å²) in [5.41, 5.74) is 1.09. The van der Waals surface area contributed by atoms with Crippen LogP contribution in [0.15, 0.2) is 11.6 Å². The molecule has 0 saturated carbocycles. The Labute approximate surface area is 99.7 Å². The van der Waals surface area contributed by atoms with Crippen molar-refractivity contribution in [1.82, 2.24) is 4.90 Å². The van der Waals surface area contributed by atoms with Crippen molar-refractivity contribution in [2.45, 2.75) is 50.9 Å². The molecule has 2 nitrogen and oxygen atoms in total. The second-order valence-electron chi connectivity index (χ2n) is 5.93. The molecule has 0 atom stereocenters. The predicted octanol–water partition coefficient (Wildman–Crippen LogP) is 3.04. The van der Waals surface area contributed by atoms with E-state index < -0.39 is 8.07 Å². The molecule has 3 heteroatoms. The Morgan fingerprint density at radius 3 is 2.50 bits per heavy atom. The molecule has 90 valence electrons. The van der Waals surface area contributed by atoms with E-state index in [2.05, 4.69) is 24.1 Å². The number of amides is 1. The second kappa shape index (κ2) is 4.74. The summed E-state index contributed by atoms with van der Waals surface area (Å²) in [4.78, 5) is 14.3. The van der Waals surface area contributed by atoms with Crippen molar-refractivity contribution in [3.8, 4) is 0 Å². The maximum absolute atomic E-state index is 12.2. The van der Waals surface area contributed by atoms with Crippen molar-refractivity contribution in [3.63, 3.8) is 0 Å². The molecule has 2 rings (SSSR count). The molecule has 0 aromatic heterocycles. The molecule has 1 aliphatic heterocycles. The third kappa shape index (κ3) is 2.76. The fourth-order valence-corrected chi connectivity index (χ4v) is 4.55. The van der Waals surface area contributed by atoms with Crippen LogP contribution in [0.4, 0.5) is 0 Å². The van der Waals surface area contributed by atoms with Crippen LogP contribution in [-0.4, -0.2) is 32.0 Å². The summed E-state index contributed by atoms with van der Waals surface area (Å²) in [6, 6.07) is 2.57. The van der Waals surface area contributed by atoms with Gasteiger partial charge in [-0.05, 0) is 37.8 Å². The smallest absolute Gasteiger partial charge is 0.249 e. The first kappa shape index (κ1) is 11.9. The van der Waals surface area contributed by atoms with Crippen molar-refractivity contribution in [2.75, 3.05) is 13.1 Å². The highest BCUT2D eigenvalue weighted by atomic mass is 28.3. The highest BCUT2D eigenvalue weighted by molar-refractivity contribution is 6.77. The second-order valence-corrected chi connectivity index (χ2v) is 11.3. The van der Waals surface area contributed by atoms with Gasteiger partial charge in [-0.25, -0.2) is 0 Å². The van der Waals surface area contributed by atoms with Gasteiger partial charge in [0.15, 0.2) is 0 Å². The van der Waals surface area contributed by atoms with E-state index in [1.807, 2.05) is 0 Å². The van der Waals surface area contributed by atoms with Crippen molar-refractivity contribution >= 4 is 14.0 Å². The van der Waals surface area contributed by atoms with Gasteiger partial charge in [-0.3, -0.25) is 4.79 Å². The van der Waals surface area contributed by atoms with Crippen molar-refractivity contribution in [2.24, 2.45) is 0 Å². The largest absolute Gasteiger partial charge is 0.340 e. The molecule has 0 aromatic rings. The minimum Gasteiger partial charge on any atom is -0.340 e. The van der Waals surface area contributed by atoms with Crippen molar-refractivity contribution in [1.29, 1.82) is 0 Å². The van der Waals surface area contributed by atoms with E-state index >= 15 is 0 Å². The van der Waals surface area contributed by atoms with Gasteiger partial charge in [-0.15, -0.1) is 0 Å². The first-order chi connectivity index (χ1) is 7.58. The van der Waals surface area contributed by atoms with E-state index in [0.29, 0.717) is 5.91 Å². The van der Waals surface area contributed by atoms with Crippen LogP contribution in [0.3, 0.4) is 0 Å². The number of nitrogens with zero attached hydrogens (tertiary/aromatic N) is 1. The Kier molecular flexibility index (Phi) is 3.52. The third-order valence-corrected chi connectivity index (χ3v) is 7.12. The van der Waals surface area contributed by atoms with Crippen LogP contribution in [0.1, 0.15) is 25.7 Å². The summed E-state index contributed by atoms with van der Waals surface area (Å²) < 4.78 is 0. The Morgan fingerprint density at radius 1 is 1.25 bits per heavy atom. The van der Waals surface area contributed by atoms with Crippen molar-refractivity contribution < 1.29 is 4.79 Å². The van der Waals surface area contributed by atoms with Crippen LogP contribution in [0.2, 0.25) is 25.2 Å². The molecule has 0 radical (unpaired) electrons. The minimum absolute atomic E-state index is 0.337. The zero-order valence-corrected chi connectivity index (χ0v) is 11.6. The van der Waals surface area contributed by atoms with E-state index in [4.69, 9.17) is 0 Å². The van der Waals surface area contributed by atoms with E-state index in [-0.39, 0.29) is 0 Å². The van der Waals surface area contributed by atoms with Gasteiger partial charge in [0.2, 0.25) is 5.91 Å². The molecule has 1 aliphatic carbocycles. The van der Waals surface area contributed by atoms with Gasteiger partial charge in [-0.2, -0.15) is 0 Å². The van der Waals surface area contributed by atoms with E-state index in [1.165, 1.54) is 24.9 Å². The van der Waals surface area contributed by atoms with Crippen molar-refractivity contribution in [3.05, 3.63) is 11.6 Å². The van der Waals surface area contributed by atoms with Gasteiger partial charge >= 0.3 is 0 Å². The lowest BCUT2D eigenvalue weighted by Crippen LogP contribution is -2.45. The van der Waals surface area contributed by atoms with Crippen LogP contribution in [0.5, 0.6) is 0 Å². The molecule has 2 aliphatic rings. The quantitative estimate of drug-likeness (QED) is 0.642. The van der Waals surface area contributed by atoms with Crippen LogP contribution in [-0.2, 0) is 4.79 Å². The molecule has 1 amide bonds. The number of carbonyl (C=O) groups is 1. The molecule has 16 heavy (non-hydrogen) atoms. The summed E-state index contributed by atoms with van der Waals surface area (Å²) in [6.45, 7) is 6.90. The number of hydrogen-bond acceptors (Lipinski definition) is 1. The standard InChI is InChI=1S/C13H23NOSi/c1-16(2)10-8-14(9-11-16)13(15)12-6-4-3-5-7-12/h6H,3-5,7-11H2,1-2H3. The lowest BCUT2D eigenvalue weighted by molar-refractivity contribution is -0.127. The van der Waals surface area contributed by atoms with Crippen LogP contribution in [0, 0.1) is 0 Å². The summed E-state index contributed by atoms with van der Waals surface area (Å²) in [7, 11) is -0.941. The predicted molar refractivity (Wildman–Crippen MR) is 70.2 cm³/mol. The molecule has 1 saturated heterocycles. The summed E-state index contributed by atoms with van der Waals surface area (Å²) in [6.07, 6.45) is 6.75. The molecule has 0 bridgehead atoms. The van der Waals surface area contributed by atoms with Gasteiger partial charge < -0.3 is 4.90 Å². The highest BCUT2D eigenvalue weighted by Crippen LogP contribution is 2.25. The fourth-order valence-electron chi connectivity index (χ4n) is 2.55. The number of rotatable bonds is 1. The third-order valence-electron chi connectivity index (χ3n) is 3.97. The molecule has 0 aromatic carbocycles. The zero-order chi connectivity index (χ0) is 11.6. The zero-order valence-electron chi connectivity index (χ0n) is 10.6. The topological polar surface area (TPSA) is 20.3 Å². The SMILES string of the molecule is C[Si]1(C)CCN(C(=O)C2=CCCCC2)CC1. The first-order valence-corrected chi connectivity index (χ1v) is 9.98. The van der Waals surface area contributed by atoms with Crippen LogP contribution in [0.25, 0.3) is 0 Å². The van der Waals surface area contributed by atoms with Gasteiger partial charge in [0.25, 0.3) is 0 Å². The lowest BCUT2D eigenvalue weighted by Gasteiger charge is -2.36. The monoisotopic (exact) mass is 237 g/mol. The number of hydrogen-bond donors (Lipinski definition) is 0. The van der Waals surface area contributed by atoms with Crippen LogP contribution >= 0.6 is 0 Å². The number of carbonyl (C=O) groups excluding carboxylic acids is 1. The van der Waals surface area contributed by atoms with E-state index in [9.17, 15) is 4.79 Å². The Hall–Kier alpha value is -0.573. The fraction of sp³-hybridized carbons (Fsp3) is 0.769. The molecule has 0 spiro atoms. The van der Waals surface area contributed by atoms with Gasteiger partial charge in [0, 0.05) is 18.7 Å². The molecule has 0 N–H and O–H groups in total. The number of allylic oxidation sites excluding steroid dienone is 1. The maximum Gasteiger partial charge on any atom is 0.249 e. The van der Waals surface area contributed by atoms with Gasteiger partial charge in [-0.1, -0.05) is 19.2 Å². The minimum atomic E-state index is -0.941. The average Bonchev–Trinajstić information content (AvgIpc) is 2.29. The van der Waals surface area contributed by atoms with Crippen LogP contribution < -0.4 is 0 Å². The van der Waals surface area contributed by atoms with E-state index in [1.54, 1.807) is 0 Å². The van der Waals surface area contributed by atoms with Gasteiger partial charge in [0.05, 0.1) is 8.07 Å². The first-order valence-electron chi connectivity index (χ1n) is 6.57. The molecular weight excluding hydrogens is 214 g/mol. The Balaban J connectivity index is 1.93. The van der Waals surface area contributed by atoms with E-state index in [0.717, 1.165) is 31.5 Å². The molecule has 1 fully saturated rings. The molecular formula is C13H23NOSi. The highest BCUT2D eigenvalue weighted by Gasteiger charge is 2.30. The average molecular weight is 237 g/mol. The molecule has 1 heterocycles. The maximum atomic E-state index is 12.2. The van der Waals surface area contributed by atoms with Gasteiger partial charge in [0.1, 0.15) is 0 Å². The normalized spacial score (nSPS) is 25.1. The Bertz CT molecular complexity index is 299. The lowest BCUT2D eigenvalue weighted by atomic mass is 9.98.